The van der Waals surface area contributed by atoms with Crippen molar-refractivity contribution >= 4 is 46.1 Å². The molecule has 2 aromatic carbocycles. The fourth-order valence-electron chi connectivity index (χ4n) is 2.68. The number of carbonyl (C=O) groups excluding carboxylic acids is 1. The van der Waals surface area contributed by atoms with Crippen molar-refractivity contribution in [2.75, 3.05) is 18.7 Å². The molecule has 1 N–H and O–H groups in total. The summed E-state index contributed by atoms with van der Waals surface area (Å²) in [5.74, 6) is 0.0833. The van der Waals surface area contributed by atoms with Gasteiger partial charge in [0.15, 0.2) is 11.5 Å². The number of hydrogen-bond donors (Lipinski definition) is 1. The summed E-state index contributed by atoms with van der Waals surface area (Å²) in [6, 6.07) is 13.0. The van der Waals surface area contributed by atoms with Crippen LogP contribution in [0, 0.1) is 21.4 Å². The van der Waals surface area contributed by atoms with Crippen LogP contribution in [0.3, 0.4) is 0 Å². The van der Waals surface area contributed by atoms with E-state index < -0.39 is 10.8 Å². The monoisotopic (exact) mass is 483 g/mol. The third-order valence-electron chi connectivity index (χ3n) is 4.25. The Balaban J connectivity index is 1.76. The minimum Gasteiger partial charge on any atom is -0.493 e. The van der Waals surface area contributed by atoms with Crippen LogP contribution in [0.4, 0.5) is 10.8 Å². The number of nitriles is 1. The van der Waals surface area contributed by atoms with E-state index >= 15 is 0 Å². The molecule has 0 unspecified atom stereocenters. The number of nitro groups is 1. The van der Waals surface area contributed by atoms with Gasteiger partial charge in [-0.25, -0.2) is 0 Å². The van der Waals surface area contributed by atoms with Gasteiger partial charge >= 0.3 is 0 Å². The summed E-state index contributed by atoms with van der Waals surface area (Å²) in [6.07, 6.45) is 3.22. The number of anilines is 1. The lowest BCUT2D eigenvalue weighted by Gasteiger charge is -2.12. The molecule has 0 atom stereocenters. The van der Waals surface area contributed by atoms with Gasteiger partial charge in [0.05, 0.1) is 17.6 Å². The molecule has 168 valence electrons. The molecule has 0 fully saturated rings. The van der Waals surface area contributed by atoms with Crippen molar-refractivity contribution < 1.29 is 19.2 Å². The molecule has 33 heavy (non-hydrogen) atoms. The lowest BCUT2D eigenvalue weighted by Crippen LogP contribution is -2.13. The second-order valence-electron chi connectivity index (χ2n) is 6.29. The summed E-state index contributed by atoms with van der Waals surface area (Å²) in [6.45, 7) is -0.0333. The van der Waals surface area contributed by atoms with Gasteiger partial charge in [-0.05, 0) is 36.1 Å². The maximum atomic E-state index is 12.4. The predicted octanol–water partition coefficient (Wildman–Crippen LogP) is 4.30. The van der Waals surface area contributed by atoms with Gasteiger partial charge in [0.25, 0.3) is 11.6 Å². The molecule has 0 aliphatic heterocycles. The highest BCUT2D eigenvalue weighted by Crippen LogP contribution is 2.31. The van der Waals surface area contributed by atoms with Crippen LogP contribution in [-0.4, -0.2) is 33.6 Å². The van der Waals surface area contributed by atoms with Crippen molar-refractivity contribution in [1.29, 1.82) is 5.26 Å². The van der Waals surface area contributed by atoms with Crippen LogP contribution >= 0.6 is 23.3 Å². The van der Waals surface area contributed by atoms with Crippen LogP contribution in [-0.2, 0) is 11.4 Å². The Morgan fingerprint density at radius 2 is 2.12 bits per heavy atom. The number of aromatic nitrogens is 2. The first-order valence-corrected chi connectivity index (χ1v) is 11.3. The van der Waals surface area contributed by atoms with E-state index in [2.05, 4.69) is 14.7 Å². The number of hydrogen-bond acceptors (Lipinski definition) is 10. The molecular formula is C21H17N5O5S2. The lowest BCUT2D eigenvalue weighted by molar-refractivity contribution is -0.385. The van der Waals surface area contributed by atoms with Gasteiger partial charge in [-0.15, -0.1) is 0 Å². The van der Waals surface area contributed by atoms with Gasteiger partial charge in [0, 0.05) is 17.6 Å². The number of rotatable bonds is 9. The molecule has 0 spiro atoms. The summed E-state index contributed by atoms with van der Waals surface area (Å²) >= 11 is 2.36. The van der Waals surface area contributed by atoms with Gasteiger partial charge in [-0.2, -0.15) is 14.6 Å². The van der Waals surface area contributed by atoms with Gasteiger partial charge < -0.3 is 9.47 Å². The zero-order chi connectivity index (χ0) is 23.8. The molecule has 0 aliphatic rings. The van der Waals surface area contributed by atoms with E-state index in [4.69, 9.17) is 9.47 Å². The van der Waals surface area contributed by atoms with E-state index in [1.54, 1.807) is 36.4 Å². The van der Waals surface area contributed by atoms with E-state index in [0.717, 1.165) is 11.5 Å². The molecule has 0 aliphatic carbocycles. The number of amides is 1. The standard InChI is InChI=1S/C21H17N5O5S2/c1-30-18-10-13(9-15(11-22)19(27)23-20-24-21(32-2)25-33-20)7-8-17(18)31-12-14-5-3-4-6-16(14)26(28)29/h3-10H,12H2,1-2H3,(H,23,24,25,27)/b15-9-. The Bertz CT molecular complexity index is 1250. The number of nitro benzene ring substituents is 1. The van der Waals surface area contributed by atoms with E-state index in [1.165, 1.54) is 31.0 Å². The number of thioether (sulfide) groups is 1. The van der Waals surface area contributed by atoms with Gasteiger partial charge in [0.1, 0.15) is 18.2 Å². The summed E-state index contributed by atoms with van der Waals surface area (Å²) < 4.78 is 15.1. The highest BCUT2D eigenvalue weighted by Gasteiger charge is 2.15. The van der Waals surface area contributed by atoms with Crippen LogP contribution in [0.5, 0.6) is 11.5 Å². The molecule has 10 nitrogen and oxygen atoms in total. The zero-order valence-electron chi connectivity index (χ0n) is 17.5. The summed E-state index contributed by atoms with van der Waals surface area (Å²) in [4.78, 5) is 27.3. The molecule has 3 rings (SSSR count). The van der Waals surface area contributed by atoms with Gasteiger partial charge in [-0.3, -0.25) is 20.2 Å². The van der Waals surface area contributed by atoms with Crippen LogP contribution in [0.25, 0.3) is 6.08 Å². The van der Waals surface area contributed by atoms with Gasteiger partial charge in [0.2, 0.25) is 10.3 Å². The Hall–Kier alpha value is -3.95. The quantitative estimate of drug-likeness (QED) is 0.155. The number of nitrogens with zero attached hydrogens (tertiary/aromatic N) is 4. The molecule has 1 heterocycles. The summed E-state index contributed by atoms with van der Waals surface area (Å²) in [7, 11) is 1.44. The van der Waals surface area contributed by atoms with E-state index in [0.29, 0.717) is 32.9 Å². The molecule has 0 saturated carbocycles. The highest BCUT2D eigenvalue weighted by atomic mass is 32.2. The third kappa shape index (κ3) is 6.06. The molecule has 0 saturated heterocycles. The third-order valence-corrected chi connectivity index (χ3v) is 5.54. The van der Waals surface area contributed by atoms with Crippen LogP contribution < -0.4 is 14.8 Å². The second kappa shape index (κ2) is 11.1. The van der Waals surface area contributed by atoms with Crippen molar-refractivity contribution in [1.82, 2.24) is 9.36 Å². The maximum Gasteiger partial charge on any atom is 0.276 e. The van der Waals surface area contributed by atoms with Crippen molar-refractivity contribution in [3.05, 3.63) is 69.3 Å². The summed E-state index contributed by atoms with van der Waals surface area (Å²) in [5, 5.41) is 24.0. The molecule has 1 amide bonds. The number of para-hydroxylation sites is 1. The zero-order valence-corrected chi connectivity index (χ0v) is 19.1. The molecular weight excluding hydrogens is 466 g/mol. The highest BCUT2D eigenvalue weighted by molar-refractivity contribution is 7.98. The number of carbonyl (C=O) groups is 1. The molecule has 0 radical (unpaired) electrons. The number of ether oxygens (including phenoxy) is 2. The Kier molecular flexibility index (Phi) is 7.96. The first-order valence-electron chi connectivity index (χ1n) is 9.29. The smallest absolute Gasteiger partial charge is 0.276 e. The molecule has 0 bridgehead atoms. The molecule has 1 aromatic heterocycles. The minimum absolute atomic E-state index is 0.0333. The van der Waals surface area contributed by atoms with Crippen molar-refractivity contribution in [3.63, 3.8) is 0 Å². The average Bonchev–Trinajstić information content (AvgIpc) is 3.28. The fraction of sp³-hybridized carbons (Fsp3) is 0.143. The maximum absolute atomic E-state index is 12.4. The Morgan fingerprint density at radius 3 is 2.79 bits per heavy atom. The lowest BCUT2D eigenvalue weighted by atomic mass is 10.1. The SMILES string of the molecule is COc1cc(/C=C(/C#N)C(=O)Nc2nc(SC)ns2)ccc1OCc1ccccc1[N+](=O)[O-]. The topological polar surface area (TPSA) is 140 Å². The van der Waals surface area contributed by atoms with Crippen molar-refractivity contribution in [2.24, 2.45) is 0 Å². The Labute approximate surface area is 197 Å². The number of methoxy groups -OCH3 is 1. The Morgan fingerprint density at radius 1 is 1.33 bits per heavy atom. The van der Waals surface area contributed by atoms with Gasteiger partial charge in [-0.1, -0.05) is 30.0 Å². The molecule has 12 heteroatoms. The van der Waals surface area contributed by atoms with Crippen molar-refractivity contribution in [2.45, 2.75) is 11.8 Å². The van der Waals surface area contributed by atoms with E-state index in [-0.39, 0.29) is 17.9 Å². The normalized spacial score (nSPS) is 10.9. The minimum atomic E-state index is -0.614. The number of benzene rings is 2. The van der Waals surface area contributed by atoms with Crippen LogP contribution in [0.2, 0.25) is 0 Å². The largest absolute Gasteiger partial charge is 0.493 e. The average molecular weight is 484 g/mol. The number of nitrogens with one attached hydrogen (secondary N) is 1. The predicted molar refractivity (Wildman–Crippen MR) is 124 cm³/mol. The van der Waals surface area contributed by atoms with Crippen LogP contribution in [0.15, 0.2) is 53.2 Å². The first-order chi connectivity index (χ1) is 15.9. The second-order valence-corrected chi connectivity index (χ2v) is 7.82. The first kappa shape index (κ1) is 23.7. The fourth-order valence-corrected chi connectivity index (χ4v) is 3.80. The van der Waals surface area contributed by atoms with Crippen molar-refractivity contribution in [3.8, 4) is 17.6 Å². The molecule has 3 aromatic rings. The summed E-state index contributed by atoms with van der Waals surface area (Å²) in [5.41, 5.74) is 0.768. The van der Waals surface area contributed by atoms with Crippen LogP contribution in [0.1, 0.15) is 11.1 Å². The van der Waals surface area contributed by atoms with E-state index in [9.17, 15) is 20.2 Å². The van der Waals surface area contributed by atoms with E-state index in [1.807, 2.05) is 12.3 Å².